The molecule has 222 valence electrons. The fraction of sp³-hybridized carbons (Fsp3) is 0.370. The van der Waals surface area contributed by atoms with Crippen molar-refractivity contribution in [2.45, 2.75) is 56.8 Å². The van der Waals surface area contributed by atoms with E-state index in [1.165, 1.54) is 43.3 Å². The fourth-order valence-electron chi connectivity index (χ4n) is 3.79. The fourth-order valence-corrected chi connectivity index (χ4v) is 3.79. The Bertz CT molecular complexity index is 1200. The average molecular weight is 572 g/mol. The van der Waals surface area contributed by atoms with Crippen LogP contribution in [-0.2, 0) is 32.0 Å². The molecule has 12 N–H and O–H groups in total. The van der Waals surface area contributed by atoms with E-state index in [2.05, 4.69) is 21.3 Å². The smallest absolute Gasteiger partial charge is 0.326 e. The normalized spacial score (nSPS) is 13.6. The van der Waals surface area contributed by atoms with Gasteiger partial charge in [0, 0.05) is 19.4 Å². The molecule has 2 aromatic rings. The molecule has 3 amide bonds. The molecule has 0 saturated carbocycles. The van der Waals surface area contributed by atoms with Gasteiger partial charge in [0.25, 0.3) is 0 Å². The van der Waals surface area contributed by atoms with Crippen LogP contribution in [0.4, 0.5) is 0 Å². The number of carboxylic acid groups (broad SMARTS) is 1. The highest BCUT2D eigenvalue weighted by Crippen LogP contribution is 2.14. The Hall–Kier alpha value is -4.85. The van der Waals surface area contributed by atoms with Crippen molar-refractivity contribution in [3.63, 3.8) is 0 Å². The third-order valence-electron chi connectivity index (χ3n) is 6.03. The summed E-state index contributed by atoms with van der Waals surface area (Å²) in [4.78, 5) is 50.9. The molecule has 0 aliphatic rings. The van der Waals surface area contributed by atoms with E-state index in [-0.39, 0.29) is 43.3 Å². The molecule has 0 saturated heterocycles. The minimum atomic E-state index is -1.35. The minimum absolute atomic E-state index is 0.00326. The van der Waals surface area contributed by atoms with Gasteiger partial charge in [0.15, 0.2) is 5.96 Å². The van der Waals surface area contributed by atoms with Crippen LogP contribution in [0.3, 0.4) is 0 Å². The number of carboxylic acids is 1. The van der Waals surface area contributed by atoms with Crippen molar-refractivity contribution in [1.82, 2.24) is 21.3 Å². The maximum absolute atomic E-state index is 13.4. The lowest BCUT2D eigenvalue weighted by Crippen LogP contribution is -2.57. The number of rotatable bonds is 15. The van der Waals surface area contributed by atoms with Gasteiger partial charge in [0.2, 0.25) is 17.7 Å². The van der Waals surface area contributed by atoms with Gasteiger partial charge < -0.3 is 48.1 Å². The molecule has 0 unspecified atom stereocenters. The lowest BCUT2D eigenvalue weighted by Gasteiger charge is -2.25. The highest BCUT2D eigenvalue weighted by atomic mass is 16.4. The molecule has 0 aliphatic heterocycles. The number of carbonyl (C=O) groups excluding carboxylic acids is 3. The standard InChI is InChI=1S/C27H37N7O7/c1-15(28)23(37)32-20(3-2-12-31-27(29)30)24(38)33-21(13-16-4-8-18(35)9-5-16)25(39)34-22(26(40)41)14-17-6-10-19(36)11-7-17/h4-11,15,20-22,35-36H,2-3,12-14,28H2,1H3,(H,32,37)(H,33,38)(H,34,39)(H,40,41)(H4,29,30,31)/t15-,20-,21-,22-/m0/s1. The molecule has 41 heavy (non-hydrogen) atoms. The molecule has 0 bridgehead atoms. The summed E-state index contributed by atoms with van der Waals surface area (Å²) < 4.78 is 0. The number of hydrogen-bond donors (Lipinski definition) is 10. The Morgan fingerprint density at radius 2 is 1.22 bits per heavy atom. The van der Waals surface area contributed by atoms with Crippen molar-refractivity contribution < 1.29 is 34.5 Å². The van der Waals surface area contributed by atoms with E-state index >= 15 is 0 Å². The van der Waals surface area contributed by atoms with Gasteiger partial charge in [-0.25, -0.2) is 4.79 Å². The second-order valence-electron chi connectivity index (χ2n) is 9.53. The maximum Gasteiger partial charge on any atom is 0.326 e. The third kappa shape index (κ3) is 11.4. The predicted molar refractivity (Wildman–Crippen MR) is 150 cm³/mol. The summed E-state index contributed by atoms with van der Waals surface area (Å²) in [6, 6.07) is 7.16. The third-order valence-corrected chi connectivity index (χ3v) is 6.03. The number of guanidine groups is 1. The van der Waals surface area contributed by atoms with Crippen LogP contribution >= 0.6 is 0 Å². The van der Waals surface area contributed by atoms with Crippen LogP contribution in [0.15, 0.2) is 48.5 Å². The lowest BCUT2D eigenvalue weighted by molar-refractivity contribution is -0.142. The molecule has 4 atom stereocenters. The van der Waals surface area contributed by atoms with Crippen LogP contribution in [-0.4, -0.2) is 75.7 Å². The zero-order chi connectivity index (χ0) is 30.5. The van der Waals surface area contributed by atoms with Gasteiger partial charge in [-0.1, -0.05) is 24.3 Å². The molecular formula is C27H37N7O7. The van der Waals surface area contributed by atoms with Gasteiger partial charge >= 0.3 is 5.97 Å². The largest absolute Gasteiger partial charge is 0.508 e. The second-order valence-corrected chi connectivity index (χ2v) is 9.53. The highest BCUT2D eigenvalue weighted by molar-refractivity contribution is 5.94. The Balaban J connectivity index is 2.26. The summed E-state index contributed by atoms with van der Waals surface area (Å²) in [5, 5.41) is 46.3. The molecule has 14 nitrogen and oxygen atoms in total. The van der Waals surface area contributed by atoms with Gasteiger partial charge in [-0.3, -0.25) is 19.8 Å². The first kappa shape index (κ1) is 32.4. The van der Waals surface area contributed by atoms with E-state index in [1.807, 2.05) is 0 Å². The molecule has 2 aromatic carbocycles. The predicted octanol–water partition coefficient (Wildman–Crippen LogP) is -0.968. The summed E-state index contributed by atoms with van der Waals surface area (Å²) in [7, 11) is 0. The van der Waals surface area contributed by atoms with Crippen molar-refractivity contribution in [3.05, 3.63) is 59.7 Å². The molecule has 14 heteroatoms. The van der Waals surface area contributed by atoms with Crippen LogP contribution in [0.2, 0.25) is 0 Å². The van der Waals surface area contributed by atoms with E-state index in [1.54, 1.807) is 12.1 Å². The van der Waals surface area contributed by atoms with Gasteiger partial charge in [-0.15, -0.1) is 0 Å². The van der Waals surface area contributed by atoms with Crippen molar-refractivity contribution >= 4 is 29.7 Å². The van der Waals surface area contributed by atoms with E-state index in [9.17, 15) is 34.5 Å². The minimum Gasteiger partial charge on any atom is -0.508 e. The number of aromatic hydroxyl groups is 2. The van der Waals surface area contributed by atoms with Gasteiger partial charge in [0.1, 0.15) is 29.6 Å². The summed E-state index contributed by atoms with van der Waals surface area (Å²) in [5.41, 5.74) is 12.0. The number of benzene rings is 2. The molecule has 0 aromatic heterocycles. The molecule has 0 spiro atoms. The van der Waals surface area contributed by atoms with Crippen molar-refractivity contribution in [2.24, 2.45) is 11.5 Å². The van der Waals surface area contributed by atoms with Crippen LogP contribution < -0.4 is 32.7 Å². The van der Waals surface area contributed by atoms with Gasteiger partial charge in [0.05, 0.1) is 6.04 Å². The average Bonchev–Trinajstić information content (AvgIpc) is 2.91. The van der Waals surface area contributed by atoms with Crippen molar-refractivity contribution in [3.8, 4) is 11.5 Å². The van der Waals surface area contributed by atoms with Crippen LogP contribution in [0.5, 0.6) is 11.5 Å². The lowest BCUT2D eigenvalue weighted by atomic mass is 10.0. The van der Waals surface area contributed by atoms with E-state index < -0.39 is 47.9 Å². The molecular weight excluding hydrogens is 534 g/mol. The first-order valence-corrected chi connectivity index (χ1v) is 12.9. The topological polar surface area (TPSA) is 253 Å². The Morgan fingerprint density at radius 3 is 1.68 bits per heavy atom. The molecule has 0 heterocycles. The zero-order valence-electron chi connectivity index (χ0n) is 22.6. The second kappa shape index (κ2) is 15.7. The number of aliphatic carboxylic acids is 1. The monoisotopic (exact) mass is 571 g/mol. The van der Waals surface area contributed by atoms with Crippen molar-refractivity contribution in [1.29, 1.82) is 5.41 Å². The van der Waals surface area contributed by atoms with Gasteiger partial charge in [-0.2, -0.15) is 0 Å². The number of phenols is 2. The van der Waals surface area contributed by atoms with E-state index in [4.69, 9.17) is 16.9 Å². The number of nitrogens with one attached hydrogen (secondary N) is 5. The quantitative estimate of drug-likeness (QED) is 0.0711. The number of hydrogen-bond acceptors (Lipinski definition) is 8. The van der Waals surface area contributed by atoms with Crippen molar-refractivity contribution in [2.75, 3.05) is 6.54 Å². The molecule has 0 radical (unpaired) electrons. The van der Waals surface area contributed by atoms with E-state index in [0.29, 0.717) is 17.5 Å². The number of nitrogens with two attached hydrogens (primary N) is 2. The molecule has 0 fully saturated rings. The summed E-state index contributed by atoms with van der Waals surface area (Å²) in [6.07, 6.45) is 0.316. The Labute approximate surface area is 237 Å². The summed E-state index contributed by atoms with van der Waals surface area (Å²) in [6.45, 7) is 1.70. The number of carbonyl (C=O) groups is 4. The zero-order valence-corrected chi connectivity index (χ0v) is 22.6. The van der Waals surface area contributed by atoms with Gasteiger partial charge in [-0.05, 0) is 55.2 Å². The van der Waals surface area contributed by atoms with Crippen LogP contribution in [0, 0.1) is 5.41 Å². The summed E-state index contributed by atoms with van der Waals surface area (Å²) >= 11 is 0. The number of phenolic OH excluding ortho intramolecular Hbond substituents is 2. The Morgan fingerprint density at radius 1 is 0.780 bits per heavy atom. The number of amides is 3. The first-order valence-electron chi connectivity index (χ1n) is 12.9. The Kier molecular flexibility index (Phi) is 12.4. The van der Waals surface area contributed by atoms with E-state index in [0.717, 1.165) is 0 Å². The molecule has 0 aliphatic carbocycles. The SMILES string of the molecule is C[C@H](N)C(=O)N[C@@H](CCCNC(=N)N)C(=O)N[C@@H](Cc1ccc(O)cc1)C(=O)N[C@@H](Cc1ccc(O)cc1)C(=O)O. The first-order chi connectivity index (χ1) is 19.3. The van der Waals surface area contributed by atoms with Crippen LogP contribution in [0.25, 0.3) is 0 Å². The molecule has 2 rings (SSSR count). The van der Waals surface area contributed by atoms with Crippen LogP contribution in [0.1, 0.15) is 30.9 Å². The highest BCUT2D eigenvalue weighted by Gasteiger charge is 2.30. The summed E-state index contributed by atoms with van der Waals surface area (Å²) in [5.74, 6) is -3.64. The maximum atomic E-state index is 13.4.